The van der Waals surface area contributed by atoms with Gasteiger partial charge in [0.2, 0.25) is 0 Å². The molecule has 62 heavy (non-hydrogen) atoms. The summed E-state index contributed by atoms with van der Waals surface area (Å²) in [4.78, 5) is 11.4. The van der Waals surface area contributed by atoms with Gasteiger partial charge in [0.25, 0.3) is 0 Å². The summed E-state index contributed by atoms with van der Waals surface area (Å²) in [5.74, 6) is 0.713. The van der Waals surface area contributed by atoms with Crippen molar-refractivity contribution in [3.8, 4) is 45.0 Å². The number of fused-ring (bicyclic) bond motifs is 7. The van der Waals surface area contributed by atoms with Crippen LogP contribution in [0.1, 0.15) is 25.0 Å². The second kappa shape index (κ2) is 14.0. The Labute approximate surface area is 360 Å². The summed E-state index contributed by atoms with van der Waals surface area (Å²) < 4.78 is 4.69. The van der Waals surface area contributed by atoms with Crippen LogP contribution in [0.5, 0.6) is 0 Å². The number of anilines is 3. The number of hydrogen-bond donors (Lipinski definition) is 0. The van der Waals surface area contributed by atoms with Crippen LogP contribution in [-0.4, -0.2) is 19.1 Å². The van der Waals surface area contributed by atoms with Crippen molar-refractivity contribution in [3.05, 3.63) is 224 Å². The van der Waals surface area contributed by atoms with Gasteiger partial charge in [0.1, 0.15) is 0 Å². The highest BCUT2D eigenvalue weighted by molar-refractivity contribution is 6.14. The zero-order valence-corrected chi connectivity index (χ0v) is 34.4. The fraction of sp³-hybridized carbons (Fsp3) is 0.0526. The Morgan fingerprint density at radius 2 is 1.05 bits per heavy atom. The van der Waals surface area contributed by atoms with Gasteiger partial charge in [-0.05, 0) is 143 Å². The fourth-order valence-electron chi connectivity index (χ4n) is 9.79. The van der Waals surface area contributed by atoms with E-state index in [0.29, 0.717) is 5.82 Å². The van der Waals surface area contributed by atoms with Crippen LogP contribution in [0.15, 0.2) is 213 Å². The van der Waals surface area contributed by atoms with E-state index < -0.39 is 0 Å². The summed E-state index contributed by atoms with van der Waals surface area (Å²) in [7, 11) is 0. The summed E-state index contributed by atoms with van der Waals surface area (Å²) >= 11 is 0. The Balaban J connectivity index is 0.979. The second-order valence-corrected chi connectivity index (χ2v) is 16.8. The summed E-state index contributed by atoms with van der Waals surface area (Å²) in [6.07, 6.45) is 5.76. The van der Waals surface area contributed by atoms with Crippen LogP contribution >= 0.6 is 0 Å². The molecule has 5 nitrogen and oxygen atoms in total. The zero-order valence-electron chi connectivity index (χ0n) is 34.4. The van der Waals surface area contributed by atoms with Gasteiger partial charge in [-0.25, -0.2) is 9.97 Å². The third-order valence-corrected chi connectivity index (χ3v) is 12.9. The van der Waals surface area contributed by atoms with Crippen molar-refractivity contribution in [2.75, 3.05) is 4.90 Å². The van der Waals surface area contributed by atoms with Gasteiger partial charge < -0.3 is 14.0 Å². The first-order valence-corrected chi connectivity index (χ1v) is 21.2. The molecule has 3 heterocycles. The van der Waals surface area contributed by atoms with Crippen molar-refractivity contribution >= 4 is 49.8 Å². The highest BCUT2D eigenvalue weighted by atomic mass is 15.1. The molecule has 1 aliphatic rings. The maximum Gasteiger partial charge on any atom is 0.159 e. The first kappa shape index (κ1) is 35.9. The molecule has 0 saturated heterocycles. The van der Waals surface area contributed by atoms with Crippen molar-refractivity contribution in [2.24, 2.45) is 0 Å². The van der Waals surface area contributed by atoms with Gasteiger partial charge in [0, 0.05) is 74.2 Å². The monoisotopic (exact) mass is 795 g/mol. The molecule has 0 saturated carbocycles. The average molecular weight is 796 g/mol. The van der Waals surface area contributed by atoms with Gasteiger partial charge in [-0.3, -0.25) is 0 Å². The van der Waals surface area contributed by atoms with Gasteiger partial charge >= 0.3 is 0 Å². The topological polar surface area (TPSA) is 38.9 Å². The molecule has 0 spiro atoms. The molecule has 0 bridgehead atoms. The molecule has 12 rings (SSSR count). The summed E-state index contributed by atoms with van der Waals surface area (Å²) in [6, 6.07) is 70.4. The van der Waals surface area contributed by atoms with E-state index in [0.717, 1.165) is 39.6 Å². The molecule has 0 atom stereocenters. The molecule has 0 amide bonds. The van der Waals surface area contributed by atoms with Crippen molar-refractivity contribution in [2.45, 2.75) is 19.3 Å². The molecule has 0 aliphatic heterocycles. The van der Waals surface area contributed by atoms with Gasteiger partial charge in [-0.1, -0.05) is 98.8 Å². The Kier molecular flexibility index (Phi) is 8.12. The van der Waals surface area contributed by atoms with E-state index in [9.17, 15) is 0 Å². The molecule has 11 aromatic rings. The first-order chi connectivity index (χ1) is 30.5. The maximum atomic E-state index is 4.51. The number of para-hydroxylation sites is 2. The lowest BCUT2D eigenvalue weighted by molar-refractivity contribution is 0.660. The molecule has 0 N–H and O–H groups in total. The Morgan fingerprint density at radius 3 is 1.79 bits per heavy atom. The van der Waals surface area contributed by atoms with E-state index in [4.69, 9.17) is 0 Å². The summed E-state index contributed by atoms with van der Waals surface area (Å²) in [5.41, 5.74) is 17.6. The molecule has 0 fully saturated rings. The zero-order chi connectivity index (χ0) is 41.4. The van der Waals surface area contributed by atoms with E-state index in [1.165, 1.54) is 60.5 Å². The quantitative estimate of drug-likeness (QED) is 0.161. The van der Waals surface area contributed by atoms with Crippen LogP contribution in [0.25, 0.3) is 77.7 Å². The average Bonchev–Trinajstić information content (AvgIpc) is 3.97. The number of aromatic nitrogens is 4. The van der Waals surface area contributed by atoms with Crippen LogP contribution in [0, 0.1) is 0 Å². The predicted molar refractivity (Wildman–Crippen MR) is 256 cm³/mol. The maximum absolute atomic E-state index is 4.51. The SMILES string of the molecule is CC1(C)c2ccccc2-c2ccc(N(c3ccc(-c4ccc5c(c4)c4cc6c(ccn6-c6ccccc6)cc4n5-c4ccccc4)cc3)c3ccc(-c4ncccn4)cc3)cc21. The smallest absolute Gasteiger partial charge is 0.159 e. The lowest BCUT2D eigenvalue weighted by atomic mass is 9.82. The first-order valence-electron chi connectivity index (χ1n) is 21.2. The molecule has 5 heteroatoms. The molecule has 1 aliphatic carbocycles. The predicted octanol–water partition coefficient (Wildman–Crippen LogP) is 14.6. The lowest BCUT2D eigenvalue weighted by Gasteiger charge is -2.28. The number of nitrogens with zero attached hydrogens (tertiary/aromatic N) is 5. The van der Waals surface area contributed by atoms with Gasteiger partial charge in [-0.15, -0.1) is 0 Å². The molecule has 0 radical (unpaired) electrons. The molecule has 8 aromatic carbocycles. The summed E-state index contributed by atoms with van der Waals surface area (Å²) in [5, 5.41) is 3.66. The van der Waals surface area contributed by atoms with Crippen LogP contribution in [0.4, 0.5) is 17.1 Å². The van der Waals surface area contributed by atoms with E-state index in [2.05, 4.69) is 232 Å². The minimum atomic E-state index is -0.120. The highest BCUT2D eigenvalue weighted by Crippen LogP contribution is 2.51. The van der Waals surface area contributed by atoms with Crippen molar-refractivity contribution in [1.29, 1.82) is 0 Å². The third-order valence-electron chi connectivity index (χ3n) is 12.9. The minimum absolute atomic E-state index is 0.120. The Morgan fingerprint density at radius 1 is 0.435 bits per heavy atom. The normalized spacial score (nSPS) is 12.8. The minimum Gasteiger partial charge on any atom is -0.317 e. The third kappa shape index (κ3) is 5.70. The standard InChI is InChI=1S/C57H41N5/c1-57(2)51-17-10-9-16-47(51)48-28-27-46(36-52(48)57)61(45-25-20-39(21-26-45)56-58-31-11-32-59-56)44-23-18-38(19-24-44)40-22-29-53-49(34-40)50-37-54-41(30-33-60(54)42-12-5-3-6-13-42)35-55(50)62(53)43-14-7-4-8-15-43/h3-37H,1-2H3. The second-order valence-electron chi connectivity index (χ2n) is 16.8. The van der Waals surface area contributed by atoms with Gasteiger partial charge in [-0.2, -0.15) is 0 Å². The summed E-state index contributed by atoms with van der Waals surface area (Å²) in [6.45, 7) is 4.68. The van der Waals surface area contributed by atoms with Crippen LogP contribution in [0.3, 0.4) is 0 Å². The number of rotatable bonds is 7. The van der Waals surface area contributed by atoms with Crippen molar-refractivity contribution in [3.63, 3.8) is 0 Å². The highest BCUT2D eigenvalue weighted by Gasteiger charge is 2.35. The van der Waals surface area contributed by atoms with Gasteiger partial charge in [0.05, 0.1) is 16.6 Å². The van der Waals surface area contributed by atoms with Gasteiger partial charge in [0.15, 0.2) is 5.82 Å². The molecular weight excluding hydrogens is 755 g/mol. The molecule has 0 unspecified atom stereocenters. The van der Waals surface area contributed by atoms with E-state index in [1.807, 2.05) is 6.07 Å². The van der Waals surface area contributed by atoms with E-state index in [-0.39, 0.29) is 5.41 Å². The lowest BCUT2D eigenvalue weighted by Crippen LogP contribution is -2.16. The van der Waals surface area contributed by atoms with Crippen molar-refractivity contribution in [1.82, 2.24) is 19.1 Å². The van der Waals surface area contributed by atoms with E-state index in [1.54, 1.807) is 12.4 Å². The van der Waals surface area contributed by atoms with E-state index >= 15 is 0 Å². The van der Waals surface area contributed by atoms with Crippen LogP contribution < -0.4 is 4.90 Å². The van der Waals surface area contributed by atoms with Crippen LogP contribution in [0.2, 0.25) is 0 Å². The molecular formula is C57H41N5. The molecule has 3 aromatic heterocycles. The molecule has 294 valence electrons. The largest absolute Gasteiger partial charge is 0.317 e. The number of benzene rings is 8. The Hall–Kier alpha value is -8.02. The fourth-order valence-corrected chi connectivity index (χ4v) is 9.79. The Bertz CT molecular complexity index is 3460. The number of hydrogen-bond acceptors (Lipinski definition) is 3. The van der Waals surface area contributed by atoms with Crippen LogP contribution in [-0.2, 0) is 5.41 Å². The van der Waals surface area contributed by atoms with Crippen molar-refractivity contribution < 1.29 is 0 Å².